The van der Waals surface area contributed by atoms with Crippen LogP contribution in [0.4, 0.5) is 0 Å². The normalized spacial score (nSPS) is 16.9. The first-order chi connectivity index (χ1) is 11.2. The van der Waals surface area contributed by atoms with E-state index in [4.69, 9.17) is 16.3 Å². The van der Waals surface area contributed by atoms with Gasteiger partial charge in [0.25, 0.3) is 5.91 Å². The number of aromatic nitrogens is 2. The predicted molar refractivity (Wildman–Crippen MR) is 88.5 cm³/mol. The fourth-order valence-corrected chi connectivity index (χ4v) is 2.71. The van der Waals surface area contributed by atoms with Gasteiger partial charge >= 0.3 is 0 Å². The first-order valence-electron chi connectivity index (χ1n) is 7.89. The molecule has 0 unspecified atom stereocenters. The lowest BCUT2D eigenvalue weighted by Crippen LogP contribution is -2.25. The lowest BCUT2D eigenvalue weighted by molar-refractivity contribution is -0.00119. The summed E-state index contributed by atoms with van der Waals surface area (Å²) in [6, 6.07) is 9.43. The summed E-state index contributed by atoms with van der Waals surface area (Å²) in [5.74, 6) is -0.122. The van der Waals surface area contributed by atoms with E-state index in [9.17, 15) is 4.79 Å². The van der Waals surface area contributed by atoms with Crippen LogP contribution in [0.25, 0.3) is 0 Å². The Morgan fingerprint density at radius 2 is 2.22 bits per heavy atom. The number of carbonyl (C=O) groups is 1. The number of benzene rings is 1. The van der Waals surface area contributed by atoms with E-state index in [1.54, 1.807) is 6.07 Å². The summed E-state index contributed by atoms with van der Waals surface area (Å²) >= 11 is 5.92. The van der Waals surface area contributed by atoms with E-state index in [0.29, 0.717) is 30.4 Å². The highest BCUT2D eigenvalue weighted by Crippen LogP contribution is 2.27. The van der Waals surface area contributed by atoms with Crippen molar-refractivity contribution in [3.05, 3.63) is 52.3 Å². The zero-order chi connectivity index (χ0) is 16.2. The van der Waals surface area contributed by atoms with Crippen molar-refractivity contribution in [2.45, 2.75) is 39.0 Å². The van der Waals surface area contributed by atoms with Gasteiger partial charge in [0.1, 0.15) is 6.10 Å². The second-order valence-electron chi connectivity index (χ2n) is 5.66. The van der Waals surface area contributed by atoms with E-state index in [1.165, 1.54) is 0 Å². The molecule has 0 fully saturated rings. The number of nitrogens with zero attached hydrogens (tertiary/aromatic N) is 2. The van der Waals surface area contributed by atoms with Crippen LogP contribution in [0.1, 0.15) is 47.6 Å². The second-order valence-corrected chi connectivity index (χ2v) is 6.10. The van der Waals surface area contributed by atoms with E-state index in [1.807, 2.05) is 28.9 Å². The number of amides is 1. The molecule has 0 radical (unpaired) electrons. The predicted octanol–water partition coefficient (Wildman–Crippen LogP) is 3.34. The molecule has 23 heavy (non-hydrogen) atoms. The number of rotatable bonds is 5. The highest BCUT2D eigenvalue weighted by Gasteiger charge is 2.23. The molecule has 0 bridgehead atoms. The summed E-state index contributed by atoms with van der Waals surface area (Å²) in [7, 11) is 0. The van der Waals surface area contributed by atoms with Gasteiger partial charge in [-0.2, -0.15) is 5.10 Å². The van der Waals surface area contributed by atoms with Gasteiger partial charge in [-0.25, -0.2) is 0 Å². The first-order valence-corrected chi connectivity index (χ1v) is 8.27. The number of fused-ring (bicyclic) bond motifs is 1. The number of hydrogen-bond acceptors (Lipinski definition) is 3. The van der Waals surface area contributed by atoms with Crippen LogP contribution in [0.2, 0.25) is 5.02 Å². The van der Waals surface area contributed by atoms with Crippen molar-refractivity contribution < 1.29 is 9.53 Å². The lowest BCUT2D eigenvalue weighted by atomic mass is 10.1. The van der Waals surface area contributed by atoms with Gasteiger partial charge in [0.05, 0.1) is 18.8 Å². The largest absolute Gasteiger partial charge is 0.365 e. The molecule has 1 aromatic carbocycles. The van der Waals surface area contributed by atoms with Crippen LogP contribution in [-0.4, -0.2) is 22.2 Å². The van der Waals surface area contributed by atoms with Crippen LogP contribution < -0.4 is 5.32 Å². The zero-order valence-electron chi connectivity index (χ0n) is 13.1. The Kier molecular flexibility index (Phi) is 4.98. The highest BCUT2D eigenvalue weighted by atomic mass is 35.5. The molecule has 2 aromatic rings. The number of unbranched alkanes of at least 4 members (excludes halogenated alkanes) is 1. The fraction of sp³-hybridized carbons (Fsp3) is 0.412. The fourth-order valence-electron chi connectivity index (χ4n) is 2.58. The Labute approximate surface area is 140 Å². The molecule has 6 heteroatoms. The molecule has 1 aromatic heterocycles. The molecule has 1 amide bonds. The van der Waals surface area contributed by atoms with Gasteiger partial charge < -0.3 is 10.1 Å². The molecule has 0 saturated carbocycles. The Bertz CT molecular complexity index is 682. The molecule has 2 heterocycles. The van der Waals surface area contributed by atoms with E-state index in [2.05, 4.69) is 17.3 Å². The maximum Gasteiger partial charge on any atom is 0.271 e. The minimum absolute atomic E-state index is 0.0735. The van der Waals surface area contributed by atoms with Crippen molar-refractivity contribution in [1.29, 1.82) is 0 Å². The molecule has 3 rings (SSSR count). The number of nitrogens with one attached hydrogen (secondary N) is 1. The topological polar surface area (TPSA) is 56.2 Å². The van der Waals surface area contributed by atoms with Crippen LogP contribution in [-0.2, 0) is 17.9 Å². The lowest BCUT2D eigenvalue weighted by Gasteiger charge is -2.24. The molecule has 1 atom stereocenters. The van der Waals surface area contributed by atoms with Crippen molar-refractivity contribution in [3.63, 3.8) is 0 Å². The van der Waals surface area contributed by atoms with Crippen molar-refractivity contribution in [2.24, 2.45) is 0 Å². The van der Waals surface area contributed by atoms with Crippen LogP contribution >= 0.6 is 11.6 Å². The Morgan fingerprint density at radius 3 is 2.96 bits per heavy atom. The molecule has 1 aliphatic rings. The van der Waals surface area contributed by atoms with Crippen LogP contribution in [0, 0.1) is 0 Å². The molecular weight excluding hydrogens is 314 g/mol. The monoisotopic (exact) mass is 333 g/mol. The minimum Gasteiger partial charge on any atom is -0.365 e. The third kappa shape index (κ3) is 3.74. The third-order valence-electron chi connectivity index (χ3n) is 3.92. The van der Waals surface area contributed by atoms with Gasteiger partial charge in [-0.3, -0.25) is 9.48 Å². The highest BCUT2D eigenvalue weighted by molar-refractivity contribution is 6.30. The Balaban J connectivity index is 1.69. The molecule has 0 aliphatic carbocycles. The standard InChI is InChI=1S/C17H20ClN3O2/c1-2-3-8-19-17(22)15-9-14-11-23-16(10-21(14)20-15)12-4-6-13(18)7-5-12/h4-7,9,16H,2-3,8,10-11H2,1H3,(H,19,22)/t16-/m1/s1. The molecule has 1 aliphatic heterocycles. The average Bonchev–Trinajstić information content (AvgIpc) is 2.99. The molecule has 0 saturated heterocycles. The minimum atomic E-state index is -0.122. The Morgan fingerprint density at radius 1 is 1.43 bits per heavy atom. The van der Waals surface area contributed by atoms with Crippen LogP contribution in [0.5, 0.6) is 0 Å². The summed E-state index contributed by atoms with van der Waals surface area (Å²) in [6.07, 6.45) is 1.95. The van der Waals surface area contributed by atoms with Crippen molar-refractivity contribution >= 4 is 17.5 Å². The maximum atomic E-state index is 12.1. The molecule has 1 N–H and O–H groups in total. The average molecular weight is 334 g/mol. The van der Waals surface area contributed by atoms with Gasteiger partial charge in [0, 0.05) is 11.6 Å². The van der Waals surface area contributed by atoms with Gasteiger partial charge in [-0.05, 0) is 30.2 Å². The number of hydrogen-bond donors (Lipinski definition) is 1. The van der Waals surface area contributed by atoms with E-state index < -0.39 is 0 Å². The summed E-state index contributed by atoms with van der Waals surface area (Å²) in [6.45, 7) is 3.82. The smallest absolute Gasteiger partial charge is 0.271 e. The second kappa shape index (κ2) is 7.15. The van der Waals surface area contributed by atoms with Crippen molar-refractivity contribution in [3.8, 4) is 0 Å². The maximum absolute atomic E-state index is 12.1. The molecule has 5 nitrogen and oxygen atoms in total. The van der Waals surface area contributed by atoms with Gasteiger partial charge in [0.15, 0.2) is 5.69 Å². The van der Waals surface area contributed by atoms with Crippen molar-refractivity contribution in [1.82, 2.24) is 15.1 Å². The van der Waals surface area contributed by atoms with Crippen LogP contribution in [0.15, 0.2) is 30.3 Å². The summed E-state index contributed by atoms with van der Waals surface area (Å²) in [5, 5.41) is 8.01. The SMILES string of the molecule is CCCCNC(=O)c1cc2n(n1)C[C@H](c1ccc(Cl)cc1)OC2. The number of ether oxygens (including phenoxy) is 1. The van der Waals surface area contributed by atoms with E-state index in [-0.39, 0.29) is 12.0 Å². The van der Waals surface area contributed by atoms with Crippen molar-refractivity contribution in [2.75, 3.05) is 6.54 Å². The van der Waals surface area contributed by atoms with Gasteiger partial charge in [-0.1, -0.05) is 37.1 Å². The molecular formula is C17H20ClN3O2. The third-order valence-corrected chi connectivity index (χ3v) is 4.18. The van der Waals surface area contributed by atoms with Gasteiger partial charge in [0.2, 0.25) is 0 Å². The quantitative estimate of drug-likeness (QED) is 0.854. The first kappa shape index (κ1) is 16.0. The molecule has 122 valence electrons. The summed E-state index contributed by atoms with van der Waals surface area (Å²) in [4.78, 5) is 12.1. The molecule has 0 spiro atoms. The summed E-state index contributed by atoms with van der Waals surface area (Å²) in [5.41, 5.74) is 2.44. The Hall–Kier alpha value is -1.85. The van der Waals surface area contributed by atoms with E-state index in [0.717, 1.165) is 24.1 Å². The number of halogens is 1. The number of carbonyl (C=O) groups excluding carboxylic acids is 1. The summed E-state index contributed by atoms with van der Waals surface area (Å²) < 4.78 is 7.74. The zero-order valence-corrected chi connectivity index (χ0v) is 13.8. The van der Waals surface area contributed by atoms with E-state index >= 15 is 0 Å². The van der Waals surface area contributed by atoms with Crippen LogP contribution in [0.3, 0.4) is 0 Å². The van der Waals surface area contributed by atoms with Gasteiger partial charge in [-0.15, -0.1) is 0 Å².